The lowest BCUT2D eigenvalue weighted by atomic mass is 9.99. The Balaban J connectivity index is 2.86. The molecule has 0 aliphatic rings. The minimum absolute atomic E-state index is 0.373. The van der Waals surface area contributed by atoms with Crippen molar-refractivity contribution in [2.24, 2.45) is 0 Å². The molecule has 2 N–H and O–H groups in total. The summed E-state index contributed by atoms with van der Waals surface area (Å²) in [4.78, 5) is 8.36. The van der Waals surface area contributed by atoms with E-state index in [1.807, 2.05) is 19.9 Å². The molecule has 0 amide bonds. The molecule has 4 nitrogen and oxygen atoms in total. The van der Waals surface area contributed by atoms with Gasteiger partial charge in [0.05, 0.1) is 11.6 Å². The van der Waals surface area contributed by atoms with Crippen LogP contribution in [0, 0.1) is 0 Å². The third-order valence-corrected chi connectivity index (χ3v) is 2.77. The van der Waals surface area contributed by atoms with E-state index in [2.05, 4.69) is 29.1 Å². The molecule has 1 aromatic heterocycles. The van der Waals surface area contributed by atoms with E-state index in [1.54, 1.807) is 13.3 Å². The van der Waals surface area contributed by atoms with Gasteiger partial charge >= 0.3 is 0 Å². The molecule has 0 fully saturated rings. The predicted molar refractivity (Wildman–Crippen MR) is 65.5 cm³/mol. The minimum Gasteiger partial charge on any atom is -0.391 e. The van der Waals surface area contributed by atoms with Crippen LogP contribution in [0.15, 0.2) is 12.4 Å². The van der Waals surface area contributed by atoms with Crippen LogP contribution in [-0.4, -0.2) is 26.7 Å². The Morgan fingerprint density at radius 1 is 1.25 bits per heavy atom. The van der Waals surface area contributed by atoms with E-state index in [4.69, 9.17) is 0 Å². The summed E-state index contributed by atoms with van der Waals surface area (Å²) in [5.74, 6) is 1.13. The first kappa shape index (κ1) is 12.9. The van der Waals surface area contributed by atoms with Gasteiger partial charge in [-0.3, -0.25) is 0 Å². The van der Waals surface area contributed by atoms with Crippen molar-refractivity contribution in [2.45, 2.75) is 52.2 Å². The molecule has 1 aromatic rings. The maximum absolute atomic E-state index is 9.61. The quantitative estimate of drug-likeness (QED) is 0.821. The van der Waals surface area contributed by atoms with Crippen LogP contribution >= 0.6 is 0 Å². The molecule has 0 bridgehead atoms. The molecule has 1 rings (SSSR count). The third-order valence-electron chi connectivity index (χ3n) is 2.77. The lowest BCUT2D eigenvalue weighted by molar-refractivity contribution is 0.133. The van der Waals surface area contributed by atoms with Crippen LogP contribution in [0.25, 0.3) is 0 Å². The van der Waals surface area contributed by atoms with Gasteiger partial charge in [-0.15, -0.1) is 0 Å². The SMILES string of the molecule is CC(C)c1cc(NC(C)(C)C(C)O)ncn1. The second-order valence-electron chi connectivity index (χ2n) is 5.01. The van der Waals surface area contributed by atoms with Gasteiger partial charge in [0.2, 0.25) is 0 Å². The zero-order valence-corrected chi connectivity index (χ0v) is 10.7. The molecule has 1 atom stereocenters. The van der Waals surface area contributed by atoms with Crippen LogP contribution < -0.4 is 5.32 Å². The molecule has 1 unspecified atom stereocenters. The topological polar surface area (TPSA) is 58.0 Å². The van der Waals surface area contributed by atoms with Crippen molar-refractivity contribution >= 4 is 5.82 Å². The van der Waals surface area contributed by atoms with E-state index in [-0.39, 0.29) is 0 Å². The second-order valence-corrected chi connectivity index (χ2v) is 5.01. The molecule has 1 heterocycles. The summed E-state index contributed by atoms with van der Waals surface area (Å²) in [6.45, 7) is 9.82. The Labute approximate surface area is 97.1 Å². The normalized spacial score (nSPS) is 13.9. The second kappa shape index (κ2) is 4.78. The summed E-state index contributed by atoms with van der Waals surface area (Å²) in [5.41, 5.74) is 0.599. The number of aliphatic hydroxyl groups excluding tert-OH is 1. The number of rotatable bonds is 4. The maximum atomic E-state index is 9.61. The summed E-state index contributed by atoms with van der Waals surface area (Å²) >= 11 is 0. The molecular formula is C12H21N3O. The monoisotopic (exact) mass is 223 g/mol. The van der Waals surface area contributed by atoms with Gasteiger partial charge in [-0.05, 0) is 26.7 Å². The van der Waals surface area contributed by atoms with E-state index >= 15 is 0 Å². The zero-order chi connectivity index (χ0) is 12.3. The van der Waals surface area contributed by atoms with E-state index in [0.717, 1.165) is 11.5 Å². The highest BCUT2D eigenvalue weighted by molar-refractivity contribution is 5.38. The fourth-order valence-electron chi connectivity index (χ4n) is 1.19. The molecule has 0 aliphatic heterocycles. The van der Waals surface area contributed by atoms with E-state index in [9.17, 15) is 5.11 Å². The van der Waals surface area contributed by atoms with E-state index in [1.165, 1.54) is 0 Å². The molecule has 0 saturated heterocycles. The minimum atomic E-state index is -0.454. The maximum Gasteiger partial charge on any atom is 0.130 e. The Hall–Kier alpha value is -1.16. The molecule has 4 heteroatoms. The number of anilines is 1. The molecule has 0 saturated carbocycles. The van der Waals surface area contributed by atoms with Gasteiger partial charge in [0.1, 0.15) is 12.1 Å². The summed E-state index contributed by atoms with van der Waals surface area (Å²) in [5, 5.41) is 12.8. The number of nitrogens with one attached hydrogen (secondary N) is 1. The van der Waals surface area contributed by atoms with Crippen molar-refractivity contribution in [3.05, 3.63) is 18.1 Å². The summed E-state index contributed by atoms with van der Waals surface area (Å²) < 4.78 is 0. The van der Waals surface area contributed by atoms with Gasteiger partial charge in [-0.25, -0.2) is 9.97 Å². The average Bonchev–Trinajstić information content (AvgIpc) is 2.17. The summed E-state index contributed by atoms with van der Waals surface area (Å²) in [6, 6.07) is 1.93. The number of aromatic nitrogens is 2. The largest absolute Gasteiger partial charge is 0.391 e. The van der Waals surface area contributed by atoms with Gasteiger partial charge in [-0.1, -0.05) is 13.8 Å². The van der Waals surface area contributed by atoms with Crippen molar-refractivity contribution < 1.29 is 5.11 Å². The van der Waals surface area contributed by atoms with E-state index in [0.29, 0.717) is 5.92 Å². The standard InChI is InChI=1S/C12H21N3O/c1-8(2)10-6-11(14-7-13-10)15-12(4,5)9(3)16/h6-9,16H,1-5H3,(H,13,14,15). The van der Waals surface area contributed by atoms with Gasteiger partial charge in [0, 0.05) is 11.8 Å². The number of hydrogen-bond acceptors (Lipinski definition) is 4. The first-order valence-electron chi connectivity index (χ1n) is 5.61. The van der Waals surface area contributed by atoms with E-state index < -0.39 is 11.6 Å². The van der Waals surface area contributed by atoms with Crippen LogP contribution in [0.1, 0.15) is 46.2 Å². The summed E-state index contributed by atoms with van der Waals surface area (Å²) in [7, 11) is 0. The Bertz CT molecular complexity index is 348. The van der Waals surface area contributed by atoms with Crippen LogP contribution in [-0.2, 0) is 0 Å². The van der Waals surface area contributed by atoms with Gasteiger partial charge in [-0.2, -0.15) is 0 Å². The highest BCUT2D eigenvalue weighted by atomic mass is 16.3. The fourth-order valence-corrected chi connectivity index (χ4v) is 1.19. The Kier molecular flexibility index (Phi) is 3.86. The Morgan fingerprint density at radius 3 is 2.38 bits per heavy atom. The van der Waals surface area contributed by atoms with Crippen LogP contribution in [0.3, 0.4) is 0 Å². The van der Waals surface area contributed by atoms with Crippen LogP contribution in [0.4, 0.5) is 5.82 Å². The first-order chi connectivity index (χ1) is 7.33. The molecule has 0 spiro atoms. The zero-order valence-electron chi connectivity index (χ0n) is 10.7. The lowest BCUT2D eigenvalue weighted by Crippen LogP contribution is -2.42. The fraction of sp³-hybridized carbons (Fsp3) is 0.667. The first-order valence-corrected chi connectivity index (χ1v) is 5.61. The van der Waals surface area contributed by atoms with Crippen molar-refractivity contribution in [2.75, 3.05) is 5.32 Å². The number of hydrogen-bond donors (Lipinski definition) is 2. The predicted octanol–water partition coefficient (Wildman–Crippen LogP) is 2.17. The summed E-state index contributed by atoms with van der Waals surface area (Å²) in [6.07, 6.45) is 1.10. The molecule has 0 aliphatic carbocycles. The molecule has 0 aromatic carbocycles. The van der Waals surface area contributed by atoms with Crippen LogP contribution in [0.5, 0.6) is 0 Å². The number of aliphatic hydroxyl groups is 1. The van der Waals surface area contributed by atoms with Crippen LogP contribution in [0.2, 0.25) is 0 Å². The highest BCUT2D eigenvalue weighted by Crippen LogP contribution is 2.19. The van der Waals surface area contributed by atoms with Crippen molar-refractivity contribution in [3.63, 3.8) is 0 Å². The van der Waals surface area contributed by atoms with Crippen molar-refractivity contribution in [1.29, 1.82) is 0 Å². The lowest BCUT2D eigenvalue weighted by Gasteiger charge is -2.30. The Morgan fingerprint density at radius 2 is 1.88 bits per heavy atom. The van der Waals surface area contributed by atoms with Crippen molar-refractivity contribution in [1.82, 2.24) is 9.97 Å². The van der Waals surface area contributed by atoms with Gasteiger partial charge in [0.15, 0.2) is 0 Å². The molecule has 90 valence electrons. The average molecular weight is 223 g/mol. The van der Waals surface area contributed by atoms with Gasteiger partial charge < -0.3 is 10.4 Å². The number of nitrogens with zero attached hydrogens (tertiary/aromatic N) is 2. The molecule has 0 radical (unpaired) electrons. The highest BCUT2D eigenvalue weighted by Gasteiger charge is 2.24. The smallest absolute Gasteiger partial charge is 0.130 e. The molecular weight excluding hydrogens is 202 g/mol. The molecule has 16 heavy (non-hydrogen) atoms. The third kappa shape index (κ3) is 3.17. The van der Waals surface area contributed by atoms with Crippen molar-refractivity contribution in [3.8, 4) is 0 Å². The van der Waals surface area contributed by atoms with Gasteiger partial charge in [0.25, 0.3) is 0 Å².